The molecular weight excluding hydrogens is 256 g/mol. The Morgan fingerprint density at radius 2 is 1.20 bits per heavy atom. The van der Waals surface area contributed by atoms with Crippen LogP contribution in [0.3, 0.4) is 0 Å². The lowest BCUT2D eigenvalue weighted by Crippen LogP contribution is -2.34. The zero-order valence-electron chi connectivity index (χ0n) is 11.7. The summed E-state index contributed by atoms with van der Waals surface area (Å²) in [5.41, 5.74) is 3.54. The number of hydrogen-bond acceptors (Lipinski definition) is 2. The SMILES string of the molecule is Cc1c(C)c(C(=O)O)c2c(c1C(=O)O)C1CCCCC21. The summed E-state index contributed by atoms with van der Waals surface area (Å²) in [6.45, 7) is 3.45. The van der Waals surface area contributed by atoms with Crippen LogP contribution in [0.1, 0.15) is 80.5 Å². The lowest BCUT2D eigenvalue weighted by molar-refractivity contribution is 0.0671. The van der Waals surface area contributed by atoms with Gasteiger partial charge in [-0.1, -0.05) is 12.8 Å². The monoisotopic (exact) mass is 274 g/mol. The highest BCUT2D eigenvalue weighted by Gasteiger charge is 2.46. The molecule has 3 rings (SSSR count). The second kappa shape index (κ2) is 4.33. The van der Waals surface area contributed by atoms with E-state index in [1.807, 2.05) is 0 Å². The first kappa shape index (κ1) is 13.2. The summed E-state index contributed by atoms with van der Waals surface area (Å²) in [5, 5.41) is 19.0. The van der Waals surface area contributed by atoms with Gasteiger partial charge >= 0.3 is 11.9 Å². The molecule has 0 radical (unpaired) electrons. The van der Waals surface area contributed by atoms with Crippen molar-refractivity contribution in [1.29, 1.82) is 0 Å². The minimum Gasteiger partial charge on any atom is -0.478 e. The molecule has 2 aliphatic rings. The predicted octanol–water partition coefficient (Wildman–Crippen LogP) is 3.45. The molecule has 2 unspecified atom stereocenters. The van der Waals surface area contributed by atoms with E-state index >= 15 is 0 Å². The van der Waals surface area contributed by atoms with E-state index < -0.39 is 11.9 Å². The van der Waals surface area contributed by atoms with Gasteiger partial charge in [0.15, 0.2) is 0 Å². The molecule has 106 valence electrons. The van der Waals surface area contributed by atoms with E-state index in [9.17, 15) is 19.8 Å². The Morgan fingerprint density at radius 3 is 1.50 bits per heavy atom. The number of hydrogen-bond donors (Lipinski definition) is 2. The second-order valence-corrected chi connectivity index (χ2v) is 5.94. The number of rotatable bonds is 2. The number of aromatic carboxylic acids is 2. The summed E-state index contributed by atoms with van der Waals surface area (Å²) in [6, 6.07) is 0. The maximum Gasteiger partial charge on any atom is 0.336 e. The van der Waals surface area contributed by atoms with Gasteiger partial charge in [-0.15, -0.1) is 0 Å². The number of carboxylic acids is 2. The summed E-state index contributed by atoms with van der Waals surface area (Å²) in [6.07, 6.45) is 4.18. The van der Waals surface area contributed by atoms with Gasteiger partial charge in [-0.05, 0) is 60.8 Å². The van der Waals surface area contributed by atoms with Crippen LogP contribution < -0.4 is 0 Å². The van der Waals surface area contributed by atoms with Crippen molar-refractivity contribution in [3.05, 3.63) is 33.4 Å². The Balaban J connectivity index is 2.33. The number of carbonyl (C=O) groups is 2. The van der Waals surface area contributed by atoms with Crippen LogP contribution in [-0.2, 0) is 0 Å². The second-order valence-electron chi connectivity index (χ2n) is 5.94. The Bertz CT molecular complexity index is 575. The fourth-order valence-corrected chi connectivity index (χ4v) is 4.10. The highest BCUT2D eigenvalue weighted by Crippen LogP contribution is 2.58. The number of fused-ring (bicyclic) bond motifs is 4. The van der Waals surface area contributed by atoms with E-state index in [0.717, 1.165) is 36.8 Å². The molecule has 1 fully saturated rings. The van der Waals surface area contributed by atoms with Gasteiger partial charge in [0, 0.05) is 0 Å². The predicted molar refractivity (Wildman–Crippen MR) is 73.8 cm³/mol. The summed E-state index contributed by atoms with van der Waals surface area (Å²) < 4.78 is 0. The molecule has 4 heteroatoms. The normalized spacial score (nSPS) is 23.5. The van der Waals surface area contributed by atoms with Crippen LogP contribution in [0, 0.1) is 13.8 Å². The average Bonchev–Trinajstić information content (AvgIpc) is 2.38. The van der Waals surface area contributed by atoms with Crippen molar-refractivity contribution in [2.45, 2.75) is 51.4 Å². The van der Waals surface area contributed by atoms with Gasteiger partial charge in [-0.2, -0.15) is 0 Å². The van der Waals surface area contributed by atoms with E-state index in [0.29, 0.717) is 22.3 Å². The smallest absolute Gasteiger partial charge is 0.336 e. The van der Waals surface area contributed by atoms with Crippen LogP contribution in [0.2, 0.25) is 0 Å². The molecule has 0 aliphatic heterocycles. The van der Waals surface area contributed by atoms with Crippen molar-refractivity contribution in [1.82, 2.24) is 0 Å². The summed E-state index contributed by atoms with van der Waals surface area (Å²) in [5.74, 6) is -1.35. The summed E-state index contributed by atoms with van der Waals surface area (Å²) in [4.78, 5) is 23.2. The zero-order valence-corrected chi connectivity index (χ0v) is 11.7. The molecule has 0 saturated heterocycles. The summed E-state index contributed by atoms with van der Waals surface area (Å²) >= 11 is 0. The Morgan fingerprint density at radius 1 is 0.850 bits per heavy atom. The maximum atomic E-state index is 11.6. The van der Waals surface area contributed by atoms with Gasteiger partial charge in [0.1, 0.15) is 0 Å². The van der Waals surface area contributed by atoms with Gasteiger partial charge in [-0.25, -0.2) is 9.59 Å². The highest BCUT2D eigenvalue weighted by atomic mass is 16.4. The van der Waals surface area contributed by atoms with E-state index in [2.05, 4.69) is 0 Å². The minimum absolute atomic E-state index is 0.252. The molecule has 2 atom stereocenters. The average molecular weight is 274 g/mol. The van der Waals surface area contributed by atoms with Crippen molar-refractivity contribution in [2.24, 2.45) is 0 Å². The highest BCUT2D eigenvalue weighted by molar-refractivity contribution is 6.00. The fourth-order valence-electron chi connectivity index (χ4n) is 4.10. The molecule has 0 heterocycles. The molecule has 0 aromatic heterocycles. The number of benzene rings is 1. The first-order valence-electron chi connectivity index (χ1n) is 7.08. The zero-order chi connectivity index (χ0) is 14.6. The standard InChI is InChI=1S/C16H18O4/c1-7-8(2)12(16(19)20)14-10-6-4-3-5-9(10)13(14)11(7)15(17)18/h9-10H,3-6H2,1-2H3,(H,17,18)(H,19,20). The maximum absolute atomic E-state index is 11.6. The Kier molecular flexibility index (Phi) is 2.85. The fraction of sp³-hybridized carbons (Fsp3) is 0.500. The third kappa shape index (κ3) is 1.54. The first-order valence-corrected chi connectivity index (χ1v) is 7.08. The molecule has 2 N–H and O–H groups in total. The van der Waals surface area contributed by atoms with Crippen molar-refractivity contribution in [2.75, 3.05) is 0 Å². The van der Waals surface area contributed by atoms with Crippen LogP contribution in [0.25, 0.3) is 0 Å². The van der Waals surface area contributed by atoms with Crippen LogP contribution in [0.5, 0.6) is 0 Å². The van der Waals surface area contributed by atoms with Crippen LogP contribution >= 0.6 is 0 Å². The van der Waals surface area contributed by atoms with Gasteiger partial charge < -0.3 is 10.2 Å². The molecular formula is C16H18O4. The van der Waals surface area contributed by atoms with E-state index in [1.54, 1.807) is 13.8 Å². The van der Waals surface area contributed by atoms with Gasteiger partial charge in [-0.3, -0.25) is 0 Å². The van der Waals surface area contributed by atoms with Crippen molar-refractivity contribution in [3.63, 3.8) is 0 Å². The van der Waals surface area contributed by atoms with Gasteiger partial charge in [0.2, 0.25) is 0 Å². The third-order valence-corrected chi connectivity index (χ3v) is 5.08. The van der Waals surface area contributed by atoms with E-state index in [1.165, 1.54) is 0 Å². The quantitative estimate of drug-likeness (QED) is 0.866. The molecule has 1 saturated carbocycles. The van der Waals surface area contributed by atoms with Gasteiger partial charge in [0.25, 0.3) is 0 Å². The van der Waals surface area contributed by atoms with Crippen molar-refractivity contribution in [3.8, 4) is 0 Å². The Labute approximate surface area is 117 Å². The molecule has 1 aromatic rings. The van der Waals surface area contributed by atoms with Crippen molar-refractivity contribution < 1.29 is 19.8 Å². The molecule has 0 spiro atoms. The Hall–Kier alpha value is -1.84. The van der Waals surface area contributed by atoms with Gasteiger partial charge in [0.05, 0.1) is 11.1 Å². The lowest BCUT2D eigenvalue weighted by Gasteiger charge is -2.45. The van der Waals surface area contributed by atoms with E-state index in [-0.39, 0.29) is 11.8 Å². The van der Waals surface area contributed by atoms with Crippen LogP contribution in [-0.4, -0.2) is 22.2 Å². The molecule has 2 aliphatic carbocycles. The lowest BCUT2D eigenvalue weighted by atomic mass is 9.57. The van der Waals surface area contributed by atoms with Crippen molar-refractivity contribution >= 4 is 11.9 Å². The molecule has 0 amide bonds. The van der Waals surface area contributed by atoms with E-state index in [4.69, 9.17) is 0 Å². The molecule has 4 nitrogen and oxygen atoms in total. The summed E-state index contributed by atoms with van der Waals surface area (Å²) in [7, 11) is 0. The largest absolute Gasteiger partial charge is 0.478 e. The topological polar surface area (TPSA) is 74.6 Å². The minimum atomic E-state index is -0.928. The van der Waals surface area contributed by atoms with Crippen LogP contribution in [0.15, 0.2) is 0 Å². The first-order chi connectivity index (χ1) is 9.45. The molecule has 20 heavy (non-hydrogen) atoms. The molecule has 0 bridgehead atoms. The molecule has 1 aromatic carbocycles. The van der Waals surface area contributed by atoms with Crippen LogP contribution in [0.4, 0.5) is 0 Å². The third-order valence-electron chi connectivity index (χ3n) is 5.08. The number of carboxylic acid groups (broad SMARTS) is 2.